The van der Waals surface area contributed by atoms with Gasteiger partial charge in [-0.05, 0) is 12.3 Å². The molecule has 4 N–H and O–H groups in total. The third-order valence-corrected chi connectivity index (χ3v) is 1.80. The molecule has 0 radical (unpaired) electrons. The van der Waals surface area contributed by atoms with E-state index in [1.807, 2.05) is 13.8 Å². The lowest BCUT2D eigenvalue weighted by Gasteiger charge is -2.20. The number of amides is 1. The highest BCUT2D eigenvalue weighted by atomic mass is 16.3. The Bertz CT molecular complexity index is 248. The first-order valence-electron chi connectivity index (χ1n) is 4.28. The Kier molecular flexibility index (Phi) is 5.01. The SMILES string of the molecule is CC(C)CCC(O)(N=C=O)C(=O)NN. The number of carbonyl (C=O) groups excluding carboxylic acids is 2. The van der Waals surface area contributed by atoms with E-state index in [-0.39, 0.29) is 12.3 Å². The van der Waals surface area contributed by atoms with Crippen LogP contribution in [-0.2, 0) is 9.59 Å². The lowest BCUT2D eigenvalue weighted by Crippen LogP contribution is -2.48. The number of carbonyl (C=O) groups is 1. The third kappa shape index (κ3) is 3.66. The summed E-state index contributed by atoms with van der Waals surface area (Å²) in [6.45, 7) is 3.84. The zero-order valence-corrected chi connectivity index (χ0v) is 8.28. The van der Waals surface area contributed by atoms with Crippen LogP contribution >= 0.6 is 0 Å². The van der Waals surface area contributed by atoms with Crippen molar-refractivity contribution in [3.05, 3.63) is 0 Å². The maximum Gasteiger partial charge on any atom is 0.289 e. The van der Waals surface area contributed by atoms with E-state index in [0.29, 0.717) is 6.42 Å². The van der Waals surface area contributed by atoms with Gasteiger partial charge >= 0.3 is 0 Å². The van der Waals surface area contributed by atoms with Gasteiger partial charge in [0.25, 0.3) is 5.91 Å². The number of nitrogens with two attached hydrogens (primary N) is 1. The number of nitrogens with zero attached hydrogens (tertiary/aromatic N) is 1. The predicted octanol–water partition coefficient (Wildman–Crippen LogP) is -0.563. The minimum absolute atomic E-state index is 0.0446. The fraction of sp³-hybridized carbons (Fsp3) is 0.750. The molecule has 80 valence electrons. The summed E-state index contributed by atoms with van der Waals surface area (Å²) in [6.07, 6.45) is 1.75. The molecule has 0 aromatic heterocycles. The van der Waals surface area contributed by atoms with Crippen molar-refractivity contribution in [1.82, 2.24) is 5.43 Å². The topological polar surface area (TPSA) is 105 Å². The van der Waals surface area contributed by atoms with Crippen LogP contribution in [-0.4, -0.2) is 22.8 Å². The summed E-state index contributed by atoms with van der Waals surface area (Å²) in [6, 6.07) is 0. The molecule has 0 aliphatic rings. The van der Waals surface area contributed by atoms with E-state index < -0.39 is 11.6 Å². The predicted molar refractivity (Wildman–Crippen MR) is 49.5 cm³/mol. The second-order valence-electron chi connectivity index (χ2n) is 3.43. The molecule has 1 amide bonds. The lowest BCUT2D eigenvalue weighted by molar-refractivity contribution is -0.140. The number of hydrazine groups is 1. The van der Waals surface area contributed by atoms with Crippen LogP contribution in [0.2, 0.25) is 0 Å². The highest BCUT2D eigenvalue weighted by Gasteiger charge is 2.35. The average molecular weight is 201 g/mol. The fourth-order valence-electron chi connectivity index (χ4n) is 0.901. The van der Waals surface area contributed by atoms with Crippen molar-refractivity contribution >= 4 is 12.0 Å². The minimum atomic E-state index is -2.08. The monoisotopic (exact) mass is 201 g/mol. The van der Waals surface area contributed by atoms with E-state index in [0.717, 1.165) is 6.08 Å². The average Bonchev–Trinajstić information content (AvgIpc) is 2.14. The molecule has 0 aliphatic carbocycles. The van der Waals surface area contributed by atoms with Gasteiger partial charge in [0.1, 0.15) is 0 Å². The van der Waals surface area contributed by atoms with Gasteiger partial charge in [-0.3, -0.25) is 10.2 Å². The number of aliphatic imine (C=N–C) groups is 1. The van der Waals surface area contributed by atoms with Crippen molar-refractivity contribution in [2.45, 2.75) is 32.4 Å². The van der Waals surface area contributed by atoms with E-state index in [4.69, 9.17) is 5.84 Å². The third-order valence-electron chi connectivity index (χ3n) is 1.80. The van der Waals surface area contributed by atoms with E-state index in [2.05, 4.69) is 4.99 Å². The van der Waals surface area contributed by atoms with Crippen LogP contribution in [0.5, 0.6) is 0 Å². The summed E-state index contributed by atoms with van der Waals surface area (Å²) in [4.78, 5) is 24.1. The summed E-state index contributed by atoms with van der Waals surface area (Å²) >= 11 is 0. The minimum Gasteiger partial charge on any atom is -0.361 e. The van der Waals surface area contributed by atoms with Gasteiger partial charge in [-0.1, -0.05) is 13.8 Å². The maximum absolute atomic E-state index is 11.1. The van der Waals surface area contributed by atoms with E-state index >= 15 is 0 Å². The summed E-state index contributed by atoms with van der Waals surface area (Å²) in [5.74, 6) is 4.23. The summed E-state index contributed by atoms with van der Waals surface area (Å²) < 4.78 is 0. The second-order valence-corrected chi connectivity index (χ2v) is 3.43. The Balaban J connectivity index is 4.55. The number of isocyanates is 1. The fourth-order valence-corrected chi connectivity index (χ4v) is 0.901. The van der Waals surface area contributed by atoms with Crippen molar-refractivity contribution in [2.75, 3.05) is 0 Å². The van der Waals surface area contributed by atoms with Crippen LogP contribution in [0.1, 0.15) is 26.7 Å². The molecule has 0 spiro atoms. The first kappa shape index (κ1) is 12.8. The summed E-state index contributed by atoms with van der Waals surface area (Å²) in [5.41, 5.74) is -0.330. The molecular weight excluding hydrogens is 186 g/mol. The van der Waals surface area contributed by atoms with Gasteiger partial charge in [0.15, 0.2) is 0 Å². The normalized spacial score (nSPS) is 14.4. The number of aliphatic hydroxyl groups is 1. The first-order valence-corrected chi connectivity index (χ1v) is 4.28. The first-order chi connectivity index (χ1) is 6.46. The highest BCUT2D eigenvalue weighted by molar-refractivity contribution is 5.84. The zero-order valence-electron chi connectivity index (χ0n) is 8.28. The van der Waals surface area contributed by atoms with Crippen LogP contribution < -0.4 is 11.3 Å². The molecule has 0 bridgehead atoms. The molecule has 0 saturated heterocycles. The van der Waals surface area contributed by atoms with Gasteiger partial charge in [-0.2, -0.15) is 4.99 Å². The molecule has 0 saturated carbocycles. The Labute approximate surface area is 82.2 Å². The second kappa shape index (κ2) is 5.49. The molecule has 1 unspecified atom stereocenters. The molecule has 0 heterocycles. The van der Waals surface area contributed by atoms with Gasteiger partial charge in [0, 0.05) is 6.42 Å². The summed E-state index contributed by atoms with van der Waals surface area (Å²) in [7, 11) is 0. The zero-order chi connectivity index (χ0) is 11.2. The van der Waals surface area contributed by atoms with Crippen LogP contribution in [0.15, 0.2) is 4.99 Å². The number of nitrogens with one attached hydrogen (secondary N) is 1. The van der Waals surface area contributed by atoms with Crippen LogP contribution in [0.3, 0.4) is 0 Å². The maximum atomic E-state index is 11.1. The lowest BCUT2D eigenvalue weighted by atomic mass is 10.0. The molecule has 0 fully saturated rings. The number of hydrogen-bond donors (Lipinski definition) is 3. The molecule has 0 aromatic rings. The van der Waals surface area contributed by atoms with Gasteiger partial charge < -0.3 is 5.11 Å². The van der Waals surface area contributed by atoms with E-state index in [1.54, 1.807) is 5.43 Å². The number of hydrogen-bond acceptors (Lipinski definition) is 5. The van der Waals surface area contributed by atoms with E-state index in [1.165, 1.54) is 0 Å². The molecule has 0 aromatic carbocycles. The Hall–Kier alpha value is -1.23. The Morgan fingerprint density at radius 3 is 2.64 bits per heavy atom. The standard InChI is InChI=1S/C8H15N3O3/c1-6(2)3-4-8(14,10-5-12)7(13)11-9/h6,14H,3-4,9H2,1-2H3,(H,11,13). The highest BCUT2D eigenvalue weighted by Crippen LogP contribution is 2.17. The van der Waals surface area contributed by atoms with Gasteiger partial charge in [-0.15, -0.1) is 0 Å². The van der Waals surface area contributed by atoms with Crippen molar-refractivity contribution in [2.24, 2.45) is 16.8 Å². The molecule has 6 heteroatoms. The molecule has 0 rings (SSSR count). The van der Waals surface area contributed by atoms with Gasteiger partial charge in [0.2, 0.25) is 11.8 Å². The smallest absolute Gasteiger partial charge is 0.289 e. The van der Waals surface area contributed by atoms with Gasteiger partial charge in [0.05, 0.1) is 0 Å². The van der Waals surface area contributed by atoms with Crippen LogP contribution in [0.25, 0.3) is 0 Å². The van der Waals surface area contributed by atoms with Gasteiger partial charge in [-0.25, -0.2) is 10.6 Å². The van der Waals surface area contributed by atoms with E-state index in [9.17, 15) is 14.7 Å². The number of rotatable bonds is 5. The molecule has 0 aliphatic heterocycles. The Morgan fingerprint density at radius 1 is 1.71 bits per heavy atom. The quantitative estimate of drug-likeness (QED) is 0.182. The van der Waals surface area contributed by atoms with Crippen LogP contribution in [0.4, 0.5) is 0 Å². The molecule has 6 nitrogen and oxygen atoms in total. The Morgan fingerprint density at radius 2 is 2.29 bits per heavy atom. The van der Waals surface area contributed by atoms with Crippen LogP contribution in [0, 0.1) is 5.92 Å². The van der Waals surface area contributed by atoms with Crippen molar-refractivity contribution < 1.29 is 14.7 Å². The molecule has 14 heavy (non-hydrogen) atoms. The largest absolute Gasteiger partial charge is 0.361 e. The van der Waals surface area contributed by atoms with Crippen molar-refractivity contribution in [1.29, 1.82) is 0 Å². The molecular formula is C8H15N3O3. The van der Waals surface area contributed by atoms with Crippen molar-refractivity contribution in [3.63, 3.8) is 0 Å². The summed E-state index contributed by atoms with van der Waals surface area (Å²) in [5, 5.41) is 9.61. The van der Waals surface area contributed by atoms with Crippen molar-refractivity contribution in [3.8, 4) is 0 Å². The molecule has 1 atom stereocenters.